The molecule has 1 aliphatic rings. The fourth-order valence-electron chi connectivity index (χ4n) is 2.53. The monoisotopic (exact) mass is 291 g/mol. The highest BCUT2D eigenvalue weighted by Crippen LogP contribution is 2.29. The summed E-state index contributed by atoms with van der Waals surface area (Å²) in [5.74, 6) is -0.493. The smallest absolute Gasteiger partial charge is 0.360 e. The third-order valence-corrected chi connectivity index (χ3v) is 3.59. The van der Waals surface area contributed by atoms with Crippen LogP contribution in [0.2, 0.25) is 0 Å². The Bertz CT molecular complexity index is 642. The van der Waals surface area contributed by atoms with Crippen molar-refractivity contribution in [3.8, 4) is 11.3 Å². The molecule has 2 aromatic rings. The van der Waals surface area contributed by atoms with Gasteiger partial charge in [0, 0.05) is 32.0 Å². The quantitative estimate of drug-likeness (QED) is 0.778. The first-order valence-electron chi connectivity index (χ1n) is 6.81. The van der Waals surface area contributed by atoms with Crippen LogP contribution in [0.1, 0.15) is 29.4 Å². The van der Waals surface area contributed by atoms with Gasteiger partial charge in [-0.1, -0.05) is 5.21 Å². The molecule has 0 aliphatic carbocycles. The molecule has 0 amide bonds. The summed E-state index contributed by atoms with van der Waals surface area (Å²) in [5.41, 5.74) is 1.67. The lowest BCUT2D eigenvalue weighted by Gasteiger charge is -2.23. The number of nitrogens with zero attached hydrogens (tertiary/aromatic N) is 5. The number of esters is 1. The van der Waals surface area contributed by atoms with Crippen molar-refractivity contribution >= 4 is 5.97 Å². The van der Waals surface area contributed by atoms with Crippen LogP contribution in [0.5, 0.6) is 0 Å². The number of ether oxygens (including phenoxy) is 2. The van der Waals surface area contributed by atoms with Crippen LogP contribution in [-0.4, -0.2) is 51.1 Å². The first-order chi connectivity index (χ1) is 10.2. The maximum atomic E-state index is 11.9. The molecule has 0 saturated carbocycles. The zero-order valence-electron chi connectivity index (χ0n) is 12.0. The van der Waals surface area contributed by atoms with Crippen LogP contribution in [-0.2, 0) is 16.5 Å². The predicted molar refractivity (Wildman–Crippen MR) is 72.7 cm³/mol. The van der Waals surface area contributed by atoms with Crippen molar-refractivity contribution in [1.82, 2.24) is 24.8 Å². The molecule has 0 atom stereocenters. The van der Waals surface area contributed by atoms with E-state index in [9.17, 15) is 4.79 Å². The van der Waals surface area contributed by atoms with Crippen molar-refractivity contribution in [2.45, 2.75) is 18.9 Å². The van der Waals surface area contributed by atoms with Crippen molar-refractivity contribution in [1.29, 1.82) is 0 Å². The second-order valence-corrected chi connectivity index (χ2v) is 4.97. The Morgan fingerprint density at radius 2 is 2.19 bits per heavy atom. The van der Waals surface area contributed by atoms with Crippen LogP contribution >= 0.6 is 0 Å². The number of methoxy groups -OCH3 is 1. The zero-order chi connectivity index (χ0) is 14.8. The van der Waals surface area contributed by atoms with E-state index in [0.717, 1.165) is 18.4 Å². The molecular formula is C13H17N5O3. The fourth-order valence-corrected chi connectivity index (χ4v) is 2.53. The Labute approximate surface area is 121 Å². The lowest BCUT2D eigenvalue weighted by atomic mass is 10.1. The van der Waals surface area contributed by atoms with Gasteiger partial charge in [0.25, 0.3) is 0 Å². The highest BCUT2D eigenvalue weighted by atomic mass is 16.5. The molecule has 21 heavy (non-hydrogen) atoms. The fraction of sp³-hybridized carbons (Fsp3) is 0.538. The van der Waals surface area contributed by atoms with E-state index in [2.05, 4.69) is 15.4 Å². The minimum Gasteiger partial charge on any atom is -0.464 e. The van der Waals surface area contributed by atoms with Gasteiger partial charge in [-0.05, 0) is 12.8 Å². The van der Waals surface area contributed by atoms with E-state index in [4.69, 9.17) is 9.47 Å². The number of rotatable bonds is 3. The van der Waals surface area contributed by atoms with E-state index in [1.807, 2.05) is 13.2 Å². The molecule has 0 bridgehead atoms. The minimum atomic E-state index is -0.493. The van der Waals surface area contributed by atoms with Gasteiger partial charge in [0.2, 0.25) is 0 Å². The lowest BCUT2D eigenvalue weighted by Crippen LogP contribution is -2.21. The topological polar surface area (TPSA) is 84.1 Å². The van der Waals surface area contributed by atoms with Crippen LogP contribution in [0.15, 0.2) is 12.4 Å². The molecule has 0 radical (unpaired) electrons. The van der Waals surface area contributed by atoms with E-state index >= 15 is 0 Å². The molecule has 8 nitrogen and oxygen atoms in total. The van der Waals surface area contributed by atoms with E-state index in [1.165, 1.54) is 7.11 Å². The number of aromatic nitrogens is 5. The van der Waals surface area contributed by atoms with Crippen molar-refractivity contribution in [2.75, 3.05) is 20.3 Å². The predicted octanol–water partition coefficient (Wildman–Crippen LogP) is 0.817. The molecule has 3 heterocycles. The summed E-state index contributed by atoms with van der Waals surface area (Å²) in [6, 6.07) is 0.167. The molecule has 1 saturated heterocycles. The molecule has 0 N–H and O–H groups in total. The molecule has 1 fully saturated rings. The van der Waals surface area contributed by atoms with Crippen molar-refractivity contribution in [3.63, 3.8) is 0 Å². The van der Waals surface area contributed by atoms with E-state index in [1.54, 1.807) is 15.6 Å². The second kappa shape index (κ2) is 5.65. The van der Waals surface area contributed by atoms with Gasteiger partial charge in [-0.2, -0.15) is 5.10 Å². The summed E-state index contributed by atoms with van der Waals surface area (Å²) in [5, 5.41) is 12.3. The maximum absolute atomic E-state index is 11.9. The van der Waals surface area contributed by atoms with Gasteiger partial charge in [-0.25, -0.2) is 9.48 Å². The molecule has 112 valence electrons. The Balaban J connectivity index is 2.07. The van der Waals surface area contributed by atoms with E-state index in [-0.39, 0.29) is 11.7 Å². The van der Waals surface area contributed by atoms with Gasteiger partial charge in [-0.15, -0.1) is 5.10 Å². The number of carbonyl (C=O) groups is 1. The molecular weight excluding hydrogens is 274 g/mol. The van der Waals surface area contributed by atoms with Crippen LogP contribution in [0.25, 0.3) is 11.3 Å². The second-order valence-electron chi connectivity index (χ2n) is 4.97. The minimum absolute atomic E-state index is 0.167. The Hall–Kier alpha value is -2.22. The molecule has 3 rings (SSSR count). The average molecular weight is 291 g/mol. The van der Waals surface area contributed by atoms with Gasteiger partial charge in [0.15, 0.2) is 5.69 Å². The highest BCUT2D eigenvalue weighted by molar-refractivity contribution is 5.93. The summed E-state index contributed by atoms with van der Waals surface area (Å²) < 4.78 is 13.7. The third kappa shape index (κ3) is 2.54. The van der Waals surface area contributed by atoms with Crippen LogP contribution < -0.4 is 0 Å². The average Bonchev–Trinajstić information content (AvgIpc) is 3.13. The van der Waals surface area contributed by atoms with Crippen LogP contribution in [0.3, 0.4) is 0 Å². The summed E-state index contributed by atoms with van der Waals surface area (Å²) in [6.07, 6.45) is 5.22. The maximum Gasteiger partial charge on any atom is 0.360 e. The van der Waals surface area contributed by atoms with Gasteiger partial charge < -0.3 is 9.47 Å². The molecule has 8 heteroatoms. The van der Waals surface area contributed by atoms with Crippen LogP contribution in [0.4, 0.5) is 0 Å². The Morgan fingerprint density at radius 1 is 1.43 bits per heavy atom. The number of carbonyl (C=O) groups excluding carboxylic acids is 1. The zero-order valence-corrected chi connectivity index (χ0v) is 12.0. The molecule has 0 aromatic carbocycles. The summed E-state index contributed by atoms with van der Waals surface area (Å²) >= 11 is 0. The van der Waals surface area contributed by atoms with E-state index in [0.29, 0.717) is 18.9 Å². The largest absolute Gasteiger partial charge is 0.464 e. The van der Waals surface area contributed by atoms with E-state index < -0.39 is 5.97 Å². The third-order valence-electron chi connectivity index (χ3n) is 3.59. The first kappa shape index (κ1) is 13.7. The van der Waals surface area contributed by atoms with Gasteiger partial charge in [-0.3, -0.25) is 4.68 Å². The van der Waals surface area contributed by atoms with Gasteiger partial charge in [0.05, 0.1) is 19.3 Å². The summed E-state index contributed by atoms with van der Waals surface area (Å²) in [7, 11) is 3.16. The summed E-state index contributed by atoms with van der Waals surface area (Å²) in [4.78, 5) is 11.9. The normalized spacial score (nSPS) is 16.1. The lowest BCUT2D eigenvalue weighted by molar-refractivity contribution is 0.0594. The summed E-state index contributed by atoms with van der Waals surface area (Å²) in [6.45, 7) is 1.37. The molecule has 0 spiro atoms. The van der Waals surface area contributed by atoms with Crippen molar-refractivity contribution in [2.24, 2.45) is 7.05 Å². The molecule has 0 unspecified atom stereocenters. The number of aryl methyl sites for hydroxylation is 1. The number of hydrogen-bond acceptors (Lipinski definition) is 6. The Morgan fingerprint density at radius 3 is 2.81 bits per heavy atom. The van der Waals surface area contributed by atoms with Crippen molar-refractivity contribution in [3.05, 3.63) is 18.1 Å². The van der Waals surface area contributed by atoms with Gasteiger partial charge in [0.1, 0.15) is 5.69 Å². The SMILES string of the molecule is COC(=O)c1nnn(C2CCOCC2)c1-c1cnn(C)c1. The first-order valence-corrected chi connectivity index (χ1v) is 6.81. The van der Waals surface area contributed by atoms with Crippen molar-refractivity contribution < 1.29 is 14.3 Å². The Kier molecular flexibility index (Phi) is 3.70. The highest BCUT2D eigenvalue weighted by Gasteiger charge is 2.27. The molecule has 2 aromatic heterocycles. The number of hydrogen-bond donors (Lipinski definition) is 0. The standard InChI is InChI=1S/C13H17N5O3/c1-17-8-9(7-14-17)12-11(13(19)20-2)15-16-18(12)10-3-5-21-6-4-10/h7-8,10H,3-6H2,1-2H3. The van der Waals surface area contributed by atoms with Gasteiger partial charge >= 0.3 is 5.97 Å². The van der Waals surface area contributed by atoms with Crippen LogP contribution in [0, 0.1) is 0 Å². The molecule has 1 aliphatic heterocycles.